The number of nitrogens with zero attached hydrogens (tertiary/aromatic N) is 2. The standard InChI is InChI=1S/C28H29F2N3O2/c1-34-26-10-4-5-11-27(26)35-25-9-3-2-8-24(25)33-15-13-32(14-16-33)12-6-7-20-19-31-28-22(20)17-21(29)18-23(28)30/h2-5,8-11,17-19,31H,6-7,12-16H2,1H3. The van der Waals surface area contributed by atoms with Crippen LogP contribution in [0.25, 0.3) is 10.9 Å². The lowest BCUT2D eigenvalue weighted by Gasteiger charge is -2.36. The molecule has 0 unspecified atom stereocenters. The number of ether oxygens (including phenoxy) is 2. The third kappa shape index (κ3) is 5.10. The van der Waals surface area contributed by atoms with Crippen LogP contribution in [-0.2, 0) is 6.42 Å². The van der Waals surface area contributed by atoms with Crippen molar-refractivity contribution in [3.63, 3.8) is 0 Å². The van der Waals surface area contributed by atoms with Gasteiger partial charge in [0.1, 0.15) is 11.6 Å². The van der Waals surface area contributed by atoms with Crippen molar-refractivity contribution in [1.29, 1.82) is 0 Å². The van der Waals surface area contributed by atoms with Gasteiger partial charge >= 0.3 is 0 Å². The number of halogens is 2. The first kappa shape index (κ1) is 23.2. The van der Waals surface area contributed by atoms with Crippen LogP contribution in [0.1, 0.15) is 12.0 Å². The fourth-order valence-electron chi connectivity index (χ4n) is 4.75. The summed E-state index contributed by atoms with van der Waals surface area (Å²) in [6, 6.07) is 18.1. The molecule has 0 aliphatic carbocycles. The molecule has 1 N–H and O–H groups in total. The van der Waals surface area contributed by atoms with E-state index in [1.807, 2.05) is 42.5 Å². The first-order chi connectivity index (χ1) is 17.1. The number of aromatic amines is 1. The lowest BCUT2D eigenvalue weighted by Crippen LogP contribution is -2.46. The zero-order valence-corrected chi connectivity index (χ0v) is 19.8. The molecule has 1 fully saturated rings. The Hall–Kier alpha value is -3.58. The predicted octanol–water partition coefficient (Wildman–Crippen LogP) is 6.00. The van der Waals surface area contributed by atoms with Crippen molar-refractivity contribution >= 4 is 16.6 Å². The molecule has 0 bridgehead atoms. The molecule has 1 aliphatic rings. The van der Waals surface area contributed by atoms with Gasteiger partial charge in [-0.15, -0.1) is 0 Å². The molecule has 35 heavy (non-hydrogen) atoms. The third-order valence-electron chi connectivity index (χ3n) is 6.58. The molecule has 0 saturated carbocycles. The number of nitrogens with one attached hydrogen (secondary N) is 1. The minimum atomic E-state index is -0.544. The van der Waals surface area contributed by atoms with Crippen LogP contribution in [-0.4, -0.2) is 49.7 Å². The summed E-state index contributed by atoms with van der Waals surface area (Å²) in [6.45, 7) is 4.63. The fourth-order valence-corrected chi connectivity index (χ4v) is 4.75. The van der Waals surface area contributed by atoms with Gasteiger partial charge in [-0.05, 0) is 55.3 Å². The maximum atomic E-state index is 13.9. The van der Waals surface area contributed by atoms with Gasteiger partial charge in [0.2, 0.25) is 0 Å². The van der Waals surface area contributed by atoms with Crippen LogP contribution in [0.4, 0.5) is 14.5 Å². The molecule has 182 valence electrons. The average Bonchev–Trinajstić information content (AvgIpc) is 3.28. The second-order valence-corrected chi connectivity index (χ2v) is 8.78. The molecule has 3 aromatic carbocycles. The molecule has 1 aromatic heterocycles. The molecule has 7 heteroatoms. The Kier molecular flexibility index (Phi) is 6.86. The van der Waals surface area contributed by atoms with Gasteiger partial charge in [-0.25, -0.2) is 8.78 Å². The van der Waals surface area contributed by atoms with E-state index in [1.54, 1.807) is 13.3 Å². The number of aryl methyl sites for hydroxylation is 1. The average molecular weight is 478 g/mol. The van der Waals surface area contributed by atoms with Crippen LogP contribution in [0.3, 0.4) is 0 Å². The van der Waals surface area contributed by atoms with Gasteiger partial charge in [0.15, 0.2) is 17.2 Å². The zero-order valence-electron chi connectivity index (χ0n) is 19.8. The van der Waals surface area contributed by atoms with E-state index >= 15 is 0 Å². The van der Waals surface area contributed by atoms with Crippen molar-refractivity contribution in [2.24, 2.45) is 0 Å². The van der Waals surface area contributed by atoms with Crippen LogP contribution in [0.5, 0.6) is 17.2 Å². The number of methoxy groups -OCH3 is 1. The molecular weight excluding hydrogens is 448 g/mol. The van der Waals surface area contributed by atoms with E-state index in [0.29, 0.717) is 22.4 Å². The molecule has 2 heterocycles. The van der Waals surface area contributed by atoms with Crippen LogP contribution in [0, 0.1) is 11.6 Å². The van der Waals surface area contributed by atoms with E-state index in [1.165, 1.54) is 6.07 Å². The molecule has 5 rings (SSSR count). The number of piperazine rings is 1. The van der Waals surface area contributed by atoms with Gasteiger partial charge in [-0.1, -0.05) is 24.3 Å². The van der Waals surface area contributed by atoms with E-state index in [9.17, 15) is 8.78 Å². The topological polar surface area (TPSA) is 40.7 Å². The minimum Gasteiger partial charge on any atom is -0.493 e. The third-order valence-corrected chi connectivity index (χ3v) is 6.58. The van der Waals surface area contributed by atoms with Crippen LogP contribution in [0.15, 0.2) is 66.9 Å². The Balaban J connectivity index is 1.17. The smallest absolute Gasteiger partial charge is 0.169 e. The van der Waals surface area contributed by atoms with E-state index < -0.39 is 11.6 Å². The number of hydrogen-bond acceptors (Lipinski definition) is 4. The highest BCUT2D eigenvalue weighted by Gasteiger charge is 2.20. The number of fused-ring (bicyclic) bond motifs is 1. The number of anilines is 1. The lowest BCUT2D eigenvalue weighted by atomic mass is 10.1. The van der Waals surface area contributed by atoms with Crippen molar-refractivity contribution in [1.82, 2.24) is 9.88 Å². The summed E-state index contributed by atoms with van der Waals surface area (Å²) in [5, 5.41) is 0.638. The summed E-state index contributed by atoms with van der Waals surface area (Å²) in [4.78, 5) is 7.74. The Morgan fingerprint density at radius 2 is 1.60 bits per heavy atom. The SMILES string of the molecule is COc1ccccc1Oc1ccccc1N1CCN(CCCc2c[nH]c3c(F)cc(F)cc23)CC1. The summed E-state index contributed by atoms with van der Waals surface area (Å²) in [6.07, 6.45) is 3.50. The largest absolute Gasteiger partial charge is 0.493 e. The van der Waals surface area contributed by atoms with Gasteiger partial charge in [-0.3, -0.25) is 4.90 Å². The maximum absolute atomic E-state index is 13.9. The van der Waals surface area contributed by atoms with Crippen molar-refractivity contribution in [3.05, 3.63) is 84.1 Å². The van der Waals surface area contributed by atoms with Crippen molar-refractivity contribution in [3.8, 4) is 17.2 Å². The highest BCUT2D eigenvalue weighted by molar-refractivity contribution is 5.83. The summed E-state index contributed by atoms with van der Waals surface area (Å²) < 4.78 is 39.3. The Labute approximate surface area is 203 Å². The molecule has 5 nitrogen and oxygen atoms in total. The van der Waals surface area contributed by atoms with Crippen molar-refractivity contribution < 1.29 is 18.3 Å². The number of hydrogen-bond donors (Lipinski definition) is 1. The summed E-state index contributed by atoms with van der Waals surface area (Å²) in [5.74, 6) is 1.12. The maximum Gasteiger partial charge on any atom is 0.169 e. The molecule has 0 radical (unpaired) electrons. The summed E-state index contributed by atoms with van der Waals surface area (Å²) in [7, 11) is 1.64. The second kappa shape index (κ2) is 10.4. The Bertz CT molecular complexity index is 1300. The number of aromatic nitrogens is 1. The quantitative estimate of drug-likeness (QED) is 0.338. The molecular formula is C28H29F2N3O2. The summed E-state index contributed by atoms with van der Waals surface area (Å²) in [5.41, 5.74) is 2.41. The predicted molar refractivity (Wildman–Crippen MR) is 135 cm³/mol. The van der Waals surface area contributed by atoms with Gasteiger partial charge < -0.3 is 19.4 Å². The molecule has 1 saturated heterocycles. The number of para-hydroxylation sites is 4. The number of rotatable bonds is 8. The Morgan fingerprint density at radius 1 is 0.886 bits per heavy atom. The first-order valence-corrected chi connectivity index (χ1v) is 11.9. The first-order valence-electron chi connectivity index (χ1n) is 11.9. The molecule has 0 atom stereocenters. The number of benzene rings is 3. The van der Waals surface area contributed by atoms with Gasteiger partial charge in [0, 0.05) is 43.8 Å². The van der Waals surface area contributed by atoms with E-state index in [4.69, 9.17) is 9.47 Å². The van der Waals surface area contributed by atoms with Gasteiger partial charge in [0.25, 0.3) is 0 Å². The monoisotopic (exact) mass is 477 g/mol. The highest BCUT2D eigenvalue weighted by Crippen LogP contribution is 2.36. The van der Waals surface area contributed by atoms with E-state index in [-0.39, 0.29) is 0 Å². The lowest BCUT2D eigenvalue weighted by molar-refractivity contribution is 0.254. The molecule has 0 amide bonds. The van der Waals surface area contributed by atoms with Crippen LogP contribution >= 0.6 is 0 Å². The van der Waals surface area contributed by atoms with Crippen molar-refractivity contribution in [2.45, 2.75) is 12.8 Å². The molecule has 0 spiro atoms. The van der Waals surface area contributed by atoms with Crippen LogP contribution in [0.2, 0.25) is 0 Å². The van der Waals surface area contributed by atoms with Crippen LogP contribution < -0.4 is 14.4 Å². The molecule has 4 aromatic rings. The highest BCUT2D eigenvalue weighted by atomic mass is 19.1. The Morgan fingerprint density at radius 3 is 2.37 bits per heavy atom. The number of H-pyrrole nitrogens is 1. The summed E-state index contributed by atoms with van der Waals surface area (Å²) >= 11 is 0. The normalized spacial score (nSPS) is 14.4. The molecule has 1 aliphatic heterocycles. The van der Waals surface area contributed by atoms with Crippen molar-refractivity contribution in [2.75, 3.05) is 44.7 Å². The van der Waals surface area contributed by atoms with E-state index in [0.717, 1.165) is 68.6 Å². The fraction of sp³-hybridized carbons (Fsp3) is 0.286. The minimum absolute atomic E-state index is 0.379. The second-order valence-electron chi connectivity index (χ2n) is 8.78. The van der Waals surface area contributed by atoms with Gasteiger partial charge in [0.05, 0.1) is 18.3 Å². The van der Waals surface area contributed by atoms with Gasteiger partial charge in [-0.2, -0.15) is 0 Å². The van der Waals surface area contributed by atoms with E-state index in [2.05, 4.69) is 20.9 Å². The zero-order chi connectivity index (χ0) is 24.2.